The molecule has 1 aromatic carbocycles. The SMILES string of the molecule is CCO[C@@](C)(CC(C)C)C(=O)Nc1ccc(OCCN2CCC(C)CC2)cc1. The van der Waals surface area contributed by atoms with Crippen LogP contribution in [-0.2, 0) is 9.53 Å². The number of likely N-dealkylation sites (tertiary alicyclic amines) is 1. The first-order chi connectivity index (χ1) is 13.3. The average molecular weight is 391 g/mol. The van der Waals surface area contributed by atoms with Crippen LogP contribution in [-0.4, -0.2) is 49.3 Å². The number of hydrogen-bond acceptors (Lipinski definition) is 4. The zero-order valence-corrected chi connectivity index (χ0v) is 18.3. The molecule has 5 nitrogen and oxygen atoms in total. The lowest BCUT2D eigenvalue weighted by molar-refractivity contribution is -0.140. The molecule has 1 N–H and O–H groups in total. The Hall–Kier alpha value is -1.59. The van der Waals surface area contributed by atoms with Crippen LogP contribution in [0.2, 0.25) is 0 Å². The largest absolute Gasteiger partial charge is 0.492 e. The van der Waals surface area contributed by atoms with Gasteiger partial charge in [-0.3, -0.25) is 9.69 Å². The second kappa shape index (κ2) is 10.8. The minimum atomic E-state index is -0.815. The van der Waals surface area contributed by atoms with Gasteiger partial charge in [0.15, 0.2) is 0 Å². The van der Waals surface area contributed by atoms with Crippen LogP contribution >= 0.6 is 0 Å². The molecule has 28 heavy (non-hydrogen) atoms. The molecule has 0 aliphatic carbocycles. The standard InChI is InChI=1S/C23H38N2O3/c1-6-28-23(5,17-18(2)3)22(26)24-20-7-9-21(10-8-20)27-16-15-25-13-11-19(4)12-14-25/h7-10,18-19H,6,11-17H2,1-5H3,(H,24,26)/t23-/m0/s1. The van der Waals surface area contributed by atoms with Crippen molar-refractivity contribution in [2.45, 2.75) is 59.5 Å². The molecule has 1 aliphatic heterocycles. The maximum absolute atomic E-state index is 12.7. The van der Waals surface area contributed by atoms with Gasteiger partial charge >= 0.3 is 0 Å². The van der Waals surface area contributed by atoms with E-state index in [4.69, 9.17) is 9.47 Å². The van der Waals surface area contributed by atoms with Gasteiger partial charge in [0, 0.05) is 18.8 Å². The summed E-state index contributed by atoms with van der Waals surface area (Å²) in [6.07, 6.45) is 3.25. The maximum Gasteiger partial charge on any atom is 0.256 e. The van der Waals surface area contributed by atoms with Crippen LogP contribution in [0.1, 0.15) is 53.9 Å². The molecule has 1 aliphatic rings. The van der Waals surface area contributed by atoms with Gasteiger partial charge in [-0.1, -0.05) is 20.8 Å². The van der Waals surface area contributed by atoms with E-state index >= 15 is 0 Å². The van der Waals surface area contributed by atoms with Gasteiger partial charge in [-0.2, -0.15) is 0 Å². The number of carbonyl (C=O) groups excluding carboxylic acids is 1. The fraction of sp³-hybridized carbons (Fsp3) is 0.696. The maximum atomic E-state index is 12.7. The molecule has 0 unspecified atom stereocenters. The lowest BCUT2D eigenvalue weighted by Crippen LogP contribution is -2.43. The number of nitrogens with zero attached hydrogens (tertiary/aromatic N) is 1. The van der Waals surface area contributed by atoms with Gasteiger partial charge in [0.25, 0.3) is 5.91 Å². The van der Waals surface area contributed by atoms with Crippen LogP contribution in [0.15, 0.2) is 24.3 Å². The molecule has 5 heteroatoms. The first-order valence-corrected chi connectivity index (χ1v) is 10.7. The molecule has 158 valence electrons. The summed E-state index contributed by atoms with van der Waals surface area (Å²) < 4.78 is 11.6. The number of amides is 1. The van der Waals surface area contributed by atoms with Gasteiger partial charge < -0.3 is 14.8 Å². The fourth-order valence-electron chi connectivity index (χ4n) is 3.79. The Kier molecular flexibility index (Phi) is 8.77. The minimum Gasteiger partial charge on any atom is -0.492 e. The van der Waals surface area contributed by atoms with Crippen molar-refractivity contribution >= 4 is 11.6 Å². The number of rotatable bonds is 10. The van der Waals surface area contributed by atoms with Crippen LogP contribution < -0.4 is 10.1 Å². The predicted octanol–water partition coefficient (Wildman–Crippen LogP) is 4.58. The Labute approximate surface area is 170 Å². The second-order valence-electron chi connectivity index (χ2n) is 8.61. The number of ether oxygens (including phenoxy) is 2. The Morgan fingerprint density at radius 3 is 2.46 bits per heavy atom. The van der Waals surface area contributed by atoms with Gasteiger partial charge in [-0.05, 0) is 82.3 Å². The molecule has 0 spiro atoms. The van der Waals surface area contributed by atoms with E-state index < -0.39 is 5.60 Å². The molecular weight excluding hydrogens is 352 g/mol. The number of piperidine rings is 1. The van der Waals surface area contributed by atoms with Crippen molar-refractivity contribution in [3.8, 4) is 5.75 Å². The summed E-state index contributed by atoms with van der Waals surface area (Å²) in [6.45, 7) is 14.8. The first-order valence-electron chi connectivity index (χ1n) is 10.7. The monoisotopic (exact) mass is 390 g/mol. The van der Waals surface area contributed by atoms with Crippen LogP contribution in [0.4, 0.5) is 5.69 Å². The van der Waals surface area contributed by atoms with Gasteiger partial charge in [0.05, 0.1) is 0 Å². The van der Waals surface area contributed by atoms with Crippen molar-refractivity contribution in [2.75, 3.05) is 38.2 Å². The Morgan fingerprint density at radius 2 is 1.89 bits per heavy atom. The summed E-state index contributed by atoms with van der Waals surface area (Å²) in [4.78, 5) is 15.2. The molecule has 0 aromatic heterocycles. The Balaban J connectivity index is 1.81. The van der Waals surface area contributed by atoms with Crippen molar-refractivity contribution in [1.82, 2.24) is 4.90 Å². The lowest BCUT2D eigenvalue weighted by Gasteiger charge is -2.30. The van der Waals surface area contributed by atoms with E-state index in [1.807, 2.05) is 38.1 Å². The zero-order valence-electron chi connectivity index (χ0n) is 18.3. The third kappa shape index (κ3) is 7.10. The highest BCUT2D eigenvalue weighted by molar-refractivity contribution is 5.97. The number of benzene rings is 1. The summed E-state index contributed by atoms with van der Waals surface area (Å²) in [5.74, 6) is 1.96. The summed E-state index contributed by atoms with van der Waals surface area (Å²) in [7, 11) is 0. The van der Waals surface area contributed by atoms with E-state index in [1.54, 1.807) is 0 Å². The van der Waals surface area contributed by atoms with Crippen molar-refractivity contribution in [3.63, 3.8) is 0 Å². The van der Waals surface area contributed by atoms with E-state index in [2.05, 4.69) is 31.0 Å². The molecule has 0 bridgehead atoms. The molecule has 1 amide bonds. The van der Waals surface area contributed by atoms with Crippen molar-refractivity contribution in [1.29, 1.82) is 0 Å². The third-order valence-electron chi connectivity index (χ3n) is 5.41. The molecule has 2 rings (SSSR count). The predicted molar refractivity (Wildman–Crippen MR) is 115 cm³/mol. The number of anilines is 1. The van der Waals surface area contributed by atoms with Crippen LogP contribution in [0.5, 0.6) is 5.75 Å². The van der Waals surface area contributed by atoms with Crippen molar-refractivity contribution < 1.29 is 14.3 Å². The second-order valence-corrected chi connectivity index (χ2v) is 8.61. The smallest absolute Gasteiger partial charge is 0.256 e. The number of nitrogens with one attached hydrogen (secondary N) is 1. The molecular formula is C23H38N2O3. The third-order valence-corrected chi connectivity index (χ3v) is 5.41. The molecule has 0 saturated carbocycles. The molecule has 1 atom stereocenters. The van der Waals surface area contributed by atoms with E-state index in [9.17, 15) is 4.79 Å². The highest BCUT2D eigenvalue weighted by Crippen LogP contribution is 2.24. The first kappa shape index (κ1) is 22.7. The van der Waals surface area contributed by atoms with Gasteiger partial charge in [0.2, 0.25) is 0 Å². The van der Waals surface area contributed by atoms with Crippen LogP contribution in [0.25, 0.3) is 0 Å². The van der Waals surface area contributed by atoms with Gasteiger partial charge in [0.1, 0.15) is 18.0 Å². The van der Waals surface area contributed by atoms with Crippen molar-refractivity contribution in [2.24, 2.45) is 11.8 Å². The average Bonchev–Trinajstić information content (AvgIpc) is 2.64. The van der Waals surface area contributed by atoms with Crippen LogP contribution in [0, 0.1) is 11.8 Å². The van der Waals surface area contributed by atoms with E-state index in [0.29, 0.717) is 25.6 Å². The van der Waals surface area contributed by atoms with Crippen molar-refractivity contribution in [3.05, 3.63) is 24.3 Å². The van der Waals surface area contributed by atoms with Gasteiger partial charge in [-0.15, -0.1) is 0 Å². The van der Waals surface area contributed by atoms with Gasteiger partial charge in [-0.25, -0.2) is 0 Å². The molecule has 1 heterocycles. The normalized spacial score (nSPS) is 18.1. The summed E-state index contributed by atoms with van der Waals surface area (Å²) in [6, 6.07) is 7.60. The quantitative estimate of drug-likeness (QED) is 0.635. The highest BCUT2D eigenvalue weighted by atomic mass is 16.5. The topological polar surface area (TPSA) is 50.8 Å². The summed E-state index contributed by atoms with van der Waals surface area (Å²) in [5, 5.41) is 2.98. The summed E-state index contributed by atoms with van der Waals surface area (Å²) in [5.41, 5.74) is -0.0543. The molecule has 1 aromatic rings. The summed E-state index contributed by atoms with van der Waals surface area (Å²) >= 11 is 0. The van der Waals surface area contributed by atoms with Crippen LogP contribution in [0.3, 0.4) is 0 Å². The molecule has 0 radical (unpaired) electrons. The molecule has 1 saturated heterocycles. The van der Waals surface area contributed by atoms with E-state index in [-0.39, 0.29) is 5.91 Å². The highest BCUT2D eigenvalue weighted by Gasteiger charge is 2.34. The molecule has 1 fully saturated rings. The lowest BCUT2D eigenvalue weighted by atomic mass is 9.93. The Morgan fingerprint density at radius 1 is 1.25 bits per heavy atom. The zero-order chi connectivity index (χ0) is 20.6. The van der Waals surface area contributed by atoms with E-state index in [0.717, 1.165) is 23.9 Å². The van der Waals surface area contributed by atoms with E-state index in [1.165, 1.54) is 25.9 Å². The minimum absolute atomic E-state index is 0.101. The Bertz CT molecular complexity index is 594. The number of hydrogen-bond donors (Lipinski definition) is 1. The fourth-order valence-corrected chi connectivity index (χ4v) is 3.79. The number of carbonyl (C=O) groups is 1.